The average Bonchev–Trinajstić information content (AvgIpc) is 2.76. The molecule has 0 fully saturated rings. The third kappa shape index (κ3) is 3.95. The maximum absolute atomic E-state index is 12.8. The van der Waals surface area contributed by atoms with Crippen molar-refractivity contribution in [3.63, 3.8) is 0 Å². The Bertz CT molecular complexity index is 1200. The Balaban J connectivity index is 1.59. The van der Waals surface area contributed by atoms with Gasteiger partial charge in [-0.05, 0) is 89.2 Å². The van der Waals surface area contributed by atoms with Crippen LogP contribution in [0, 0.1) is 0 Å². The molecule has 4 aromatic rings. The molecule has 2 nitrogen and oxygen atoms in total. The number of benzene rings is 4. The Kier molecular flexibility index (Phi) is 5.34. The highest BCUT2D eigenvalue weighted by atomic mass is 16.6. The Morgan fingerprint density at radius 2 is 1.43 bits per heavy atom. The first-order valence-electron chi connectivity index (χ1n) is 10.6. The van der Waals surface area contributed by atoms with Gasteiger partial charge in [0.1, 0.15) is 5.60 Å². The van der Waals surface area contributed by atoms with Gasteiger partial charge in [0.25, 0.3) is 0 Å². The summed E-state index contributed by atoms with van der Waals surface area (Å²) in [4.78, 5) is 12.8. The highest BCUT2D eigenvalue weighted by Crippen LogP contribution is 2.31. The van der Waals surface area contributed by atoms with Crippen LogP contribution in [-0.4, -0.2) is 5.97 Å². The van der Waals surface area contributed by atoms with E-state index in [-0.39, 0.29) is 5.97 Å². The van der Waals surface area contributed by atoms with Gasteiger partial charge in [-0.3, -0.25) is 0 Å². The van der Waals surface area contributed by atoms with Crippen LogP contribution in [0.3, 0.4) is 0 Å². The summed E-state index contributed by atoms with van der Waals surface area (Å²) in [6.07, 6.45) is 1.08. The van der Waals surface area contributed by atoms with Crippen molar-refractivity contribution in [3.05, 3.63) is 95.6 Å². The van der Waals surface area contributed by atoms with E-state index in [9.17, 15) is 4.79 Å². The highest BCUT2D eigenvalue weighted by molar-refractivity contribution is 5.98. The summed E-state index contributed by atoms with van der Waals surface area (Å²) in [5.74, 6) is 0.189. The van der Waals surface area contributed by atoms with Crippen LogP contribution in [0.4, 0.5) is 0 Å². The molecule has 0 aliphatic heterocycles. The van der Waals surface area contributed by atoms with E-state index >= 15 is 0 Å². The summed E-state index contributed by atoms with van der Waals surface area (Å²) in [6.45, 7) is 8.25. The van der Waals surface area contributed by atoms with Gasteiger partial charge in [0.05, 0.1) is 5.56 Å². The van der Waals surface area contributed by atoms with Crippen molar-refractivity contribution in [3.8, 4) is 0 Å². The van der Waals surface area contributed by atoms with Crippen molar-refractivity contribution < 1.29 is 9.53 Å². The first-order chi connectivity index (χ1) is 14.4. The number of esters is 1. The minimum atomic E-state index is -0.730. The van der Waals surface area contributed by atoms with Gasteiger partial charge in [-0.2, -0.15) is 0 Å². The quantitative estimate of drug-likeness (QED) is 0.256. The molecule has 152 valence electrons. The van der Waals surface area contributed by atoms with Gasteiger partial charge < -0.3 is 4.74 Å². The second-order valence-electron chi connectivity index (χ2n) is 8.59. The molecule has 1 atom stereocenters. The molecule has 0 N–H and O–H groups in total. The maximum Gasteiger partial charge on any atom is 0.338 e. The van der Waals surface area contributed by atoms with Crippen molar-refractivity contribution in [2.45, 2.75) is 45.6 Å². The van der Waals surface area contributed by atoms with Gasteiger partial charge in [0.15, 0.2) is 0 Å². The predicted molar refractivity (Wildman–Crippen MR) is 125 cm³/mol. The molecule has 0 amide bonds. The Hall–Kier alpha value is -3.13. The molecular weight excluding hydrogens is 368 g/mol. The molecule has 4 rings (SSSR count). The fourth-order valence-corrected chi connectivity index (χ4v) is 3.85. The number of carbonyl (C=O) groups is 1. The van der Waals surface area contributed by atoms with E-state index < -0.39 is 5.60 Å². The minimum absolute atomic E-state index is 0.297. The number of rotatable bonds is 5. The fourth-order valence-electron chi connectivity index (χ4n) is 3.85. The first kappa shape index (κ1) is 20.2. The molecule has 0 aliphatic carbocycles. The third-order valence-electron chi connectivity index (χ3n) is 6.08. The molecule has 0 bridgehead atoms. The van der Waals surface area contributed by atoms with Gasteiger partial charge in [0.2, 0.25) is 0 Å². The van der Waals surface area contributed by atoms with Crippen LogP contribution in [0.1, 0.15) is 61.5 Å². The number of carbonyl (C=O) groups excluding carboxylic acids is 1. The maximum atomic E-state index is 12.8. The fraction of sp³-hybridized carbons (Fsp3) is 0.250. The summed E-state index contributed by atoms with van der Waals surface area (Å²) in [5.41, 5.74) is 2.08. The van der Waals surface area contributed by atoms with Gasteiger partial charge in [-0.15, -0.1) is 0 Å². The minimum Gasteiger partial charge on any atom is -0.451 e. The molecule has 1 unspecified atom stereocenters. The summed E-state index contributed by atoms with van der Waals surface area (Å²) in [6, 6.07) is 26.8. The Morgan fingerprint density at radius 1 is 0.833 bits per heavy atom. The van der Waals surface area contributed by atoms with Crippen LogP contribution in [0.25, 0.3) is 21.5 Å². The molecule has 0 aromatic heterocycles. The van der Waals surface area contributed by atoms with Gasteiger partial charge >= 0.3 is 5.97 Å². The third-order valence-corrected chi connectivity index (χ3v) is 6.08. The van der Waals surface area contributed by atoms with Crippen molar-refractivity contribution in [2.24, 2.45) is 0 Å². The Labute approximate surface area is 178 Å². The molecule has 30 heavy (non-hydrogen) atoms. The summed E-state index contributed by atoms with van der Waals surface area (Å²) < 4.78 is 5.93. The number of hydrogen-bond donors (Lipinski definition) is 0. The van der Waals surface area contributed by atoms with Gasteiger partial charge in [0, 0.05) is 0 Å². The summed E-state index contributed by atoms with van der Waals surface area (Å²) in [7, 11) is 0. The highest BCUT2D eigenvalue weighted by Gasteiger charge is 2.26. The smallest absolute Gasteiger partial charge is 0.338 e. The topological polar surface area (TPSA) is 26.3 Å². The molecule has 4 aromatic carbocycles. The van der Waals surface area contributed by atoms with E-state index in [1.165, 1.54) is 21.7 Å². The Morgan fingerprint density at radius 3 is 2.07 bits per heavy atom. The van der Waals surface area contributed by atoms with E-state index in [2.05, 4.69) is 68.4 Å². The first-order valence-corrected chi connectivity index (χ1v) is 10.6. The molecule has 0 saturated carbocycles. The van der Waals surface area contributed by atoms with E-state index in [4.69, 9.17) is 4.74 Å². The van der Waals surface area contributed by atoms with Gasteiger partial charge in [-0.25, -0.2) is 4.79 Å². The van der Waals surface area contributed by atoms with Crippen LogP contribution >= 0.6 is 0 Å². The molecule has 0 spiro atoms. The number of hydrogen-bond acceptors (Lipinski definition) is 2. The molecule has 0 radical (unpaired) electrons. The van der Waals surface area contributed by atoms with Crippen molar-refractivity contribution >= 4 is 27.5 Å². The average molecular weight is 397 g/mol. The lowest BCUT2D eigenvalue weighted by atomic mass is 9.93. The van der Waals surface area contributed by atoms with E-state index in [0.717, 1.165) is 17.4 Å². The number of fused-ring (bicyclic) bond motifs is 2. The molecular formula is C28H28O2. The largest absolute Gasteiger partial charge is 0.451 e. The van der Waals surface area contributed by atoms with E-state index in [1.807, 2.05) is 38.1 Å². The zero-order valence-electron chi connectivity index (χ0n) is 18.1. The predicted octanol–water partition coefficient (Wildman–Crippen LogP) is 7.60. The molecule has 2 heteroatoms. The number of ether oxygens (including phenoxy) is 1. The lowest BCUT2D eigenvalue weighted by molar-refractivity contribution is -0.00307. The zero-order chi connectivity index (χ0) is 21.3. The SMILES string of the molecule is CCC(C)c1ccc(C(=O)OC(C)(C)c2ccc3cc4ccccc4cc3c2)cc1. The monoisotopic (exact) mass is 396 g/mol. The standard InChI is InChI=1S/C28H28O2/c1-5-19(2)20-10-12-21(13-11-20)27(29)30-28(3,4)26-15-14-24-16-22-8-6-7-9-23(22)17-25(24)18-26/h6-19H,5H2,1-4H3. The van der Waals surface area contributed by atoms with Crippen LogP contribution in [0.5, 0.6) is 0 Å². The summed E-state index contributed by atoms with van der Waals surface area (Å²) in [5, 5.41) is 4.76. The van der Waals surface area contributed by atoms with Crippen LogP contribution in [-0.2, 0) is 10.3 Å². The molecule has 0 heterocycles. The van der Waals surface area contributed by atoms with E-state index in [1.54, 1.807) is 0 Å². The lowest BCUT2D eigenvalue weighted by Gasteiger charge is -2.26. The van der Waals surface area contributed by atoms with E-state index in [0.29, 0.717) is 11.5 Å². The van der Waals surface area contributed by atoms with Crippen LogP contribution in [0.2, 0.25) is 0 Å². The zero-order valence-corrected chi connectivity index (χ0v) is 18.1. The van der Waals surface area contributed by atoms with Gasteiger partial charge in [-0.1, -0.05) is 62.4 Å². The second-order valence-corrected chi connectivity index (χ2v) is 8.59. The molecule has 0 saturated heterocycles. The normalized spacial score (nSPS) is 12.8. The summed E-state index contributed by atoms with van der Waals surface area (Å²) >= 11 is 0. The second kappa shape index (κ2) is 7.95. The van der Waals surface area contributed by atoms with Crippen LogP contribution < -0.4 is 0 Å². The van der Waals surface area contributed by atoms with Crippen molar-refractivity contribution in [1.29, 1.82) is 0 Å². The lowest BCUT2D eigenvalue weighted by Crippen LogP contribution is -2.25. The van der Waals surface area contributed by atoms with Crippen molar-refractivity contribution in [1.82, 2.24) is 0 Å². The molecule has 0 aliphatic rings. The van der Waals surface area contributed by atoms with Crippen LogP contribution in [0.15, 0.2) is 78.9 Å². The van der Waals surface area contributed by atoms with Crippen molar-refractivity contribution in [2.75, 3.05) is 0 Å².